The van der Waals surface area contributed by atoms with Gasteiger partial charge in [-0.1, -0.05) is 49.9 Å². The lowest BCUT2D eigenvalue weighted by atomic mass is 9.74. The fraction of sp³-hybridized carbons (Fsp3) is 0.647. The molecule has 4 heteroatoms. The molecule has 1 unspecified atom stereocenters. The van der Waals surface area contributed by atoms with Crippen LogP contribution in [0.5, 0.6) is 0 Å². The van der Waals surface area contributed by atoms with Gasteiger partial charge in [0.05, 0.1) is 0 Å². The number of piperidine rings is 1. The molecule has 118 valence electrons. The minimum atomic E-state index is 0.216. The van der Waals surface area contributed by atoms with Crippen LogP contribution < -0.4 is 5.73 Å². The Bertz CT molecular complexity index is 442. The lowest BCUT2D eigenvalue weighted by molar-refractivity contribution is 0.0680. The summed E-state index contributed by atoms with van der Waals surface area (Å²) in [4.78, 5) is 2.49. The van der Waals surface area contributed by atoms with E-state index in [2.05, 4.69) is 18.7 Å². The van der Waals surface area contributed by atoms with Crippen molar-refractivity contribution in [2.75, 3.05) is 19.6 Å². The van der Waals surface area contributed by atoms with Crippen molar-refractivity contribution in [2.24, 2.45) is 11.1 Å². The smallest absolute Gasteiger partial charge is 0.0471 e. The summed E-state index contributed by atoms with van der Waals surface area (Å²) in [6, 6.07) is 5.97. The Morgan fingerprint density at radius 3 is 2.05 bits per heavy atom. The number of halogens is 2. The molecule has 2 N–H and O–H groups in total. The van der Waals surface area contributed by atoms with Crippen LogP contribution in [0.25, 0.3) is 0 Å². The zero-order valence-corrected chi connectivity index (χ0v) is 14.6. The second kappa shape index (κ2) is 7.32. The molecule has 0 aliphatic carbocycles. The lowest BCUT2D eigenvalue weighted by Gasteiger charge is -2.44. The molecular weight excluding hydrogens is 303 g/mol. The van der Waals surface area contributed by atoms with Crippen LogP contribution >= 0.6 is 23.2 Å². The van der Waals surface area contributed by atoms with E-state index in [1.807, 2.05) is 12.1 Å². The van der Waals surface area contributed by atoms with Crippen molar-refractivity contribution in [1.82, 2.24) is 4.90 Å². The molecule has 1 atom stereocenters. The molecule has 2 nitrogen and oxygen atoms in total. The Morgan fingerprint density at radius 1 is 1.10 bits per heavy atom. The fourth-order valence-corrected chi connectivity index (χ4v) is 4.07. The average Bonchev–Trinajstić information content (AvgIpc) is 2.48. The van der Waals surface area contributed by atoms with Gasteiger partial charge >= 0.3 is 0 Å². The molecule has 1 aliphatic heterocycles. The van der Waals surface area contributed by atoms with Crippen LogP contribution in [-0.2, 0) is 0 Å². The minimum absolute atomic E-state index is 0.216. The fourth-order valence-electron chi connectivity index (χ4n) is 3.53. The molecule has 0 spiro atoms. The minimum Gasteiger partial charge on any atom is -0.329 e. The predicted molar refractivity (Wildman–Crippen MR) is 92.1 cm³/mol. The summed E-state index contributed by atoms with van der Waals surface area (Å²) >= 11 is 12.3. The van der Waals surface area contributed by atoms with E-state index in [1.54, 1.807) is 6.07 Å². The number of nitrogens with two attached hydrogens (primary N) is 1. The van der Waals surface area contributed by atoms with Crippen molar-refractivity contribution in [3.63, 3.8) is 0 Å². The molecule has 1 aliphatic rings. The third-order valence-corrected chi connectivity index (χ3v) is 5.73. The molecule has 2 rings (SSSR count). The quantitative estimate of drug-likeness (QED) is 0.833. The van der Waals surface area contributed by atoms with Crippen LogP contribution in [0, 0.1) is 5.41 Å². The first-order chi connectivity index (χ1) is 10.0. The number of rotatable bonds is 5. The first-order valence-corrected chi connectivity index (χ1v) is 8.69. The molecule has 1 saturated heterocycles. The van der Waals surface area contributed by atoms with E-state index < -0.39 is 0 Å². The molecule has 21 heavy (non-hydrogen) atoms. The summed E-state index contributed by atoms with van der Waals surface area (Å²) in [7, 11) is 0. The second-order valence-electron chi connectivity index (χ2n) is 6.20. The molecule has 0 aromatic heterocycles. The van der Waals surface area contributed by atoms with Gasteiger partial charge in [0, 0.05) is 22.6 Å². The van der Waals surface area contributed by atoms with Gasteiger partial charge in [-0.15, -0.1) is 0 Å². The normalized spacial score (nSPS) is 20.4. The zero-order chi connectivity index (χ0) is 15.5. The van der Waals surface area contributed by atoms with Gasteiger partial charge < -0.3 is 5.73 Å². The summed E-state index contributed by atoms with van der Waals surface area (Å²) < 4.78 is 0. The van der Waals surface area contributed by atoms with Crippen LogP contribution in [0.15, 0.2) is 18.2 Å². The standard InChI is InChI=1S/C17H26Cl2N2/c1-3-17(4-2)5-7-21(8-6-17)16(12-20)13-9-14(18)11-15(19)10-13/h9-11,16H,3-8,12,20H2,1-2H3. The van der Waals surface area contributed by atoms with Gasteiger partial charge in [0.25, 0.3) is 0 Å². The summed E-state index contributed by atoms with van der Waals surface area (Å²) in [6.07, 6.45) is 5.05. The van der Waals surface area contributed by atoms with Crippen molar-refractivity contribution >= 4 is 23.2 Å². The highest BCUT2D eigenvalue weighted by Crippen LogP contribution is 2.40. The Hall–Kier alpha value is -0.280. The van der Waals surface area contributed by atoms with Gasteiger partial charge in [-0.3, -0.25) is 4.90 Å². The van der Waals surface area contributed by atoms with Gasteiger partial charge in [-0.05, 0) is 55.1 Å². The van der Waals surface area contributed by atoms with Gasteiger partial charge in [0.15, 0.2) is 0 Å². The molecule has 0 bridgehead atoms. The first kappa shape index (κ1) is 17.1. The highest BCUT2D eigenvalue weighted by molar-refractivity contribution is 6.34. The Balaban J connectivity index is 2.12. The molecule has 0 amide bonds. The van der Waals surface area contributed by atoms with Crippen LogP contribution in [0.2, 0.25) is 10.0 Å². The Kier molecular flexibility index (Phi) is 5.96. The molecule has 1 aromatic rings. The molecule has 1 aromatic carbocycles. The highest BCUT2D eigenvalue weighted by atomic mass is 35.5. The molecule has 0 radical (unpaired) electrons. The molecule has 1 fully saturated rings. The number of likely N-dealkylation sites (tertiary alicyclic amines) is 1. The van der Waals surface area contributed by atoms with Crippen LogP contribution in [-0.4, -0.2) is 24.5 Å². The van der Waals surface area contributed by atoms with Crippen LogP contribution in [0.1, 0.15) is 51.1 Å². The van der Waals surface area contributed by atoms with Gasteiger partial charge in [-0.25, -0.2) is 0 Å². The number of benzene rings is 1. The summed E-state index contributed by atoms with van der Waals surface area (Å²) in [5.41, 5.74) is 7.70. The molecule has 0 saturated carbocycles. The number of nitrogens with zero attached hydrogens (tertiary/aromatic N) is 1. The highest BCUT2D eigenvalue weighted by Gasteiger charge is 2.33. The SMILES string of the molecule is CCC1(CC)CCN(C(CN)c2cc(Cl)cc(Cl)c2)CC1. The van der Waals surface area contributed by atoms with Crippen LogP contribution in [0.4, 0.5) is 0 Å². The second-order valence-corrected chi connectivity index (χ2v) is 7.07. The zero-order valence-electron chi connectivity index (χ0n) is 13.0. The number of hydrogen-bond acceptors (Lipinski definition) is 2. The third-order valence-electron chi connectivity index (χ3n) is 5.29. The predicted octanol–water partition coefficient (Wildman–Crippen LogP) is 4.90. The largest absolute Gasteiger partial charge is 0.329 e. The van der Waals surface area contributed by atoms with E-state index in [9.17, 15) is 0 Å². The maximum absolute atomic E-state index is 6.14. The molecular formula is C17H26Cl2N2. The monoisotopic (exact) mass is 328 g/mol. The van der Waals surface area contributed by atoms with Crippen molar-refractivity contribution < 1.29 is 0 Å². The van der Waals surface area contributed by atoms with E-state index in [4.69, 9.17) is 28.9 Å². The van der Waals surface area contributed by atoms with Crippen molar-refractivity contribution in [3.8, 4) is 0 Å². The maximum atomic E-state index is 6.14. The number of hydrogen-bond donors (Lipinski definition) is 1. The topological polar surface area (TPSA) is 29.3 Å². The van der Waals surface area contributed by atoms with Gasteiger partial charge in [0.1, 0.15) is 0 Å². The first-order valence-electron chi connectivity index (χ1n) is 7.93. The van der Waals surface area contributed by atoms with Crippen molar-refractivity contribution in [2.45, 2.75) is 45.6 Å². The van der Waals surface area contributed by atoms with E-state index in [0.717, 1.165) is 18.7 Å². The van der Waals surface area contributed by atoms with Crippen molar-refractivity contribution in [1.29, 1.82) is 0 Å². The van der Waals surface area contributed by atoms with Crippen molar-refractivity contribution in [3.05, 3.63) is 33.8 Å². The maximum Gasteiger partial charge on any atom is 0.0471 e. The van der Waals surface area contributed by atoms with Gasteiger partial charge in [0.2, 0.25) is 0 Å². The van der Waals surface area contributed by atoms with E-state index >= 15 is 0 Å². The van der Waals surface area contributed by atoms with E-state index in [1.165, 1.54) is 25.7 Å². The summed E-state index contributed by atoms with van der Waals surface area (Å²) in [5.74, 6) is 0. The average molecular weight is 329 g/mol. The van der Waals surface area contributed by atoms with E-state index in [0.29, 0.717) is 22.0 Å². The van der Waals surface area contributed by atoms with Crippen LogP contribution in [0.3, 0.4) is 0 Å². The van der Waals surface area contributed by atoms with E-state index in [-0.39, 0.29) is 6.04 Å². The summed E-state index contributed by atoms with van der Waals surface area (Å²) in [6.45, 7) is 7.44. The van der Waals surface area contributed by atoms with Gasteiger partial charge in [-0.2, -0.15) is 0 Å². The summed E-state index contributed by atoms with van der Waals surface area (Å²) in [5, 5.41) is 1.37. The Labute approximate surface area is 138 Å². The lowest BCUT2D eigenvalue weighted by Crippen LogP contribution is -2.43. The third kappa shape index (κ3) is 3.92. The molecule has 1 heterocycles. The Morgan fingerprint density at radius 2 is 1.62 bits per heavy atom.